The number of rotatable bonds is 3. The van der Waals surface area contributed by atoms with E-state index in [4.69, 9.17) is 10.5 Å². The number of nitrogens with zero attached hydrogens (tertiary/aromatic N) is 1. The van der Waals surface area contributed by atoms with Crippen molar-refractivity contribution in [2.45, 2.75) is 6.18 Å². The molecule has 0 radical (unpaired) electrons. The van der Waals surface area contributed by atoms with Gasteiger partial charge >= 0.3 is 6.18 Å². The van der Waals surface area contributed by atoms with Gasteiger partial charge in [0.15, 0.2) is 11.4 Å². The average Bonchev–Trinajstić information content (AvgIpc) is 2.48. The largest absolute Gasteiger partial charge is 0.455 e. The maximum absolute atomic E-state index is 12.8. The van der Waals surface area contributed by atoms with Gasteiger partial charge in [-0.05, 0) is 30.3 Å². The van der Waals surface area contributed by atoms with E-state index in [0.717, 1.165) is 12.1 Å². The maximum Gasteiger partial charge on any atom is 0.418 e. The number of carbonyl (C=O) groups is 1. The van der Waals surface area contributed by atoms with Crippen molar-refractivity contribution in [1.29, 1.82) is 0 Å². The monoisotopic (exact) mass is 311 g/mol. The number of alkyl halides is 3. The molecule has 3 N–H and O–H groups in total. The van der Waals surface area contributed by atoms with E-state index in [2.05, 4.69) is 10.3 Å². The summed E-state index contributed by atoms with van der Waals surface area (Å²) in [5, 5.41) is 2.37. The number of halogens is 3. The molecule has 116 valence electrons. The van der Waals surface area contributed by atoms with E-state index in [1.54, 1.807) is 0 Å². The molecular weight excluding hydrogens is 299 g/mol. The van der Waals surface area contributed by atoms with Gasteiger partial charge in [0.2, 0.25) is 0 Å². The topological polar surface area (TPSA) is 77.2 Å². The summed E-state index contributed by atoms with van der Waals surface area (Å²) in [7, 11) is 1.41. The highest BCUT2D eigenvalue weighted by Crippen LogP contribution is 2.37. The number of nitrogens with two attached hydrogens (primary N) is 1. The Labute approximate surface area is 123 Å². The normalized spacial score (nSPS) is 11.1. The summed E-state index contributed by atoms with van der Waals surface area (Å²) >= 11 is 0. The quantitative estimate of drug-likeness (QED) is 0.855. The summed E-state index contributed by atoms with van der Waals surface area (Å²) in [5.74, 6) is -0.568. The fraction of sp³-hybridized carbons (Fsp3) is 0.143. The number of ether oxygens (including phenoxy) is 1. The molecule has 1 heterocycles. The van der Waals surface area contributed by atoms with Gasteiger partial charge in [-0.25, -0.2) is 4.98 Å². The number of amides is 1. The summed E-state index contributed by atoms with van der Waals surface area (Å²) in [4.78, 5) is 15.5. The number of nitrogen functional groups attached to an aromatic ring is 1. The minimum atomic E-state index is -4.60. The summed E-state index contributed by atoms with van der Waals surface area (Å²) in [5.41, 5.74) is 3.88. The molecule has 0 aliphatic rings. The molecule has 0 saturated carbocycles. The van der Waals surface area contributed by atoms with Crippen LogP contribution >= 0.6 is 0 Å². The van der Waals surface area contributed by atoms with Gasteiger partial charge in [0.25, 0.3) is 5.91 Å². The van der Waals surface area contributed by atoms with Crippen LogP contribution in [0, 0.1) is 0 Å². The van der Waals surface area contributed by atoms with Crippen molar-refractivity contribution in [1.82, 2.24) is 10.3 Å². The first-order valence-corrected chi connectivity index (χ1v) is 6.14. The van der Waals surface area contributed by atoms with Crippen molar-refractivity contribution in [3.63, 3.8) is 0 Å². The number of aromatic nitrogens is 1. The van der Waals surface area contributed by atoms with Crippen LogP contribution in [0.5, 0.6) is 11.5 Å². The van der Waals surface area contributed by atoms with Crippen LogP contribution in [-0.2, 0) is 6.18 Å². The summed E-state index contributed by atoms with van der Waals surface area (Å²) in [6.45, 7) is 0. The summed E-state index contributed by atoms with van der Waals surface area (Å²) in [6.07, 6.45) is -3.22. The van der Waals surface area contributed by atoms with E-state index < -0.39 is 23.3 Å². The predicted molar refractivity (Wildman–Crippen MR) is 73.6 cm³/mol. The average molecular weight is 311 g/mol. The summed E-state index contributed by atoms with van der Waals surface area (Å²) in [6, 6.07) is 6.08. The van der Waals surface area contributed by atoms with Crippen molar-refractivity contribution in [2.75, 3.05) is 12.8 Å². The molecule has 2 aromatic rings. The lowest BCUT2D eigenvalue weighted by atomic mass is 10.1. The zero-order valence-electron chi connectivity index (χ0n) is 11.4. The Morgan fingerprint density at radius 2 is 2.05 bits per heavy atom. The van der Waals surface area contributed by atoms with Crippen LogP contribution in [0.3, 0.4) is 0 Å². The van der Waals surface area contributed by atoms with E-state index >= 15 is 0 Å². The molecule has 8 heteroatoms. The molecule has 0 fully saturated rings. The van der Waals surface area contributed by atoms with Gasteiger partial charge in [0.05, 0.1) is 5.56 Å². The molecule has 0 spiro atoms. The molecule has 0 aliphatic carbocycles. The molecule has 1 aromatic carbocycles. The molecule has 0 bridgehead atoms. The van der Waals surface area contributed by atoms with Gasteiger partial charge in [0.1, 0.15) is 5.75 Å². The minimum Gasteiger partial charge on any atom is -0.455 e. The standard InChI is InChI=1S/C14H12F3N3O2/c1-19-13(21)12-11(3-2-6-20-12)22-8-4-5-10(18)9(7-8)14(15,16)17/h2-7H,18H2,1H3,(H,19,21). The maximum atomic E-state index is 12.8. The van der Waals surface area contributed by atoms with Crippen LogP contribution in [0.25, 0.3) is 0 Å². The number of benzene rings is 1. The van der Waals surface area contributed by atoms with Gasteiger partial charge in [0, 0.05) is 18.9 Å². The van der Waals surface area contributed by atoms with Gasteiger partial charge < -0.3 is 15.8 Å². The SMILES string of the molecule is CNC(=O)c1ncccc1Oc1ccc(N)c(C(F)(F)F)c1. The van der Waals surface area contributed by atoms with E-state index in [9.17, 15) is 18.0 Å². The molecule has 0 aliphatic heterocycles. The highest BCUT2D eigenvalue weighted by molar-refractivity contribution is 5.94. The third kappa shape index (κ3) is 3.27. The zero-order valence-corrected chi connectivity index (χ0v) is 11.4. The van der Waals surface area contributed by atoms with Crippen molar-refractivity contribution in [3.8, 4) is 11.5 Å². The molecule has 0 atom stereocenters. The highest BCUT2D eigenvalue weighted by atomic mass is 19.4. The van der Waals surface area contributed by atoms with E-state index in [1.165, 1.54) is 31.4 Å². The molecular formula is C14H12F3N3O2. The minimum absolute atomic E-state index is 0.0321. The Balaban J connectivity index is 2.39. The fourth-order valence-electron chi connectivity index (χ4n) is 1.73. The Hall–Kier alpha value is -2.77. The molecule has 0 saturated heterocycles. The van der Waals surface area contributed by atoms with E-state index in [1.807, 2.05) is 0 Å². The van der Waals surface area contributed by atoms with Crippen molar-refractivity contribution in [3.05, 3.63) is 47.8 Å². The molecule has 1 amide bonds. The highest BCUT2D eigenvalue weighted by Gasteiger charge is 2.33. The van der Waals surface area contributed by atoms with E-state index in [0.29, 0.717) is 0 Å². The van der Waals surface area contributed by atoms with E-state index in [-0.39, 0.29) is 17.2 Å². The number of hydrogen-bond donors (Lipinski definition) is 2. The number of carbonyl (C=O) groups excluding carboxylic acids is 1. The Morgan fingerprint density at radius 3 is 2.68 bits per heavy atom. The third-order valence-corrected chi connectivity index (χ3v) is 2.77. The predicted octanol–water partition coefficient (Wildman–Crippen LogP) is 2.83. The third-order valence-electron chi connectivity index (χ3n) is 2.77. The lowest BCUT2D eigenvalue weighted by Crippen LogP contribution is -2.19. The van der Waals surface area contributed by atoms with Gasteiger partial charge in [-0.15, -0.1) is 0 Å². The van der Waals surface area contributed by atoms with Crippen LogP contribution in [-0.4, -0.2) is 17.9 Å². The summed E-state index contributed by atoms with van der Waals surface area (Å²) < 4.78 is 43.8. The van der Waals surface area contributed by atoms with Gasteiger partial charge in [-0.1, -0.05) is 0 Å². The lowest BCUT2D eigenvalue weighted by Gasteiger charge is -2.13. The smallest absolute Gasteiger partial charge is 0.418 e. The first-order valence-electron chi connectivity index (χ1n) is 6.14. The van der Waals surface area contributed by atoms with Crippen LogP contribution in [0.2, 0.25) is 0 Å². The molecule has 0 unspecified atom stereocenters. The van der Waals surface area contributed by atoms with Crippen LogP contribution in [0.4, 0.5) is 18.9 Å². The van der Waals surface area contributed by atoms with Gasteiger partial charge in [-0.3, -0.25) is 4.79 Å². The van der Waals surface area contributed by atoms with Crippen LogP contribution in [0.1, 0.15) is 16.1 Å². The number of nitrogens with one attached hydrogen (secondary N) is 1. The number of anilines is 1. The number of hydrogen-bond acceptors (Lipinski definition) is 4. The van der Waals surface area contributed by atoms with Crippen LogP contribution < -0.4 is 15.8 Å². The molecule has 22 heavy (non-hydrogen) atoms. The Bertz CT molecular complexity index is 702. The molecule has 1 aromatic heterocycles. The van der Waals surface area contributed by atoms with Crippen molar-refractivity contribution < 1.29 is 22.7 Å². The Morgan fingerprint density at radius 1 is 1.32 bits per heavy atom. The first-order chi connectivity index (χ1) is 10.3. The second-order valence-electron chi connectivity index (χ2n) is 4.28. The Kier molecular flexibility index (Phi) is 4.20. The van der Waals surface area contributed by atoms with Crippen molar-refractivity contribution in [2.24, 2.45) is 0 Å². The second-order valence-corrected chi connectivity index (χ2v) is 4.28. The molecule has 5 nitrogen and oxygen atoms in total. The molecule has 2 rings (SSSR count). The number of pyridine rings is 1. The van der Waals surface area contributed by atoms with Crippen molar-refractivity contribution >= 4 is 11.6 Å². The van der Waals surface area contributed by atoms with Crippen LogP contribution in [0.15, 0.2) is 36.5 Å². The first kappa shape index (κ1) is 15.6. The van der Waals surface area contributed by atoms with Gasteiger partial charge in [-0.2, -0.15) is 13.2 Å². The zero-order chi connectivity index (χ0) is 16.3. The fourth-order valence-corrected chi connectivity index (χ4v) is 1.73. The lowest BCUT2D eigenvalue weighted by molar-refractivity contribution is -0.137. The second kappa shape index (κ2) is 5.92.